The molecule has 0 amide bonds. The number of rotatable bonds is 3. The van der Waals surface area contributed by atoms with E-state index in [2.05, 4.69) is 4.90 Å². The summed E-state index contributed by atoms with van der Waals surface area (Å²) in [5, 5.41) is 9.16. The van der Waals surface area contributed by atoms with Gasteiger partial charge >= 0.3 is 5.97 Å². The Morgan fingerprint density at radius 2 is 2.06 bits per heavy atom. The summed E-state index contributed by atoms with van der Waals surface area (Å²) in [4.78, 5) is 13.3. The van der Waals surface area contributed by atoms with Crippen LogP contribution in [0.2, 0.25) is 0 Å². The van der Waals surface area contributed by atoms with Crippen LogP contribution in [0.25, 0.3) is 0 Å². The zero-order chi connectivity index (χ0) is 11.5. The Morgan fingerprint density at radius 3 is 2.62 bits per heavy atom. The molecule has 86 valence electrons. The number of para-hydroxylation sites is 1. The van der Waals surface area contributed by atoms with E-state index in [0.717, 1.165) is 31.6 Å². The van der Waals surface area contributed by atoms with Crippen LogP contribution in [0.5, 0.6) is 5.75 Å². The van der Waals surface area contributed by atoms with Gasteiger partial charge in [-0.25, -0.2) is 4.79 Å². The van der Waals surface area contributed by atoms with Gasteiger partial charge in [-0.05, 0) is 25.0 Å². The van der Waals surface area contributed by atoms with Crippen molar-refractivity contribution in [1.29, 1.82) is 0 Å². The molecule has 0 saturated carbocycles. The van der Waals surface area contributed by atoms with Crippen molar-refractivity contribution in [1.82, 2.24) is 0 Å². The van der Waals surface area contributed by atoms with Gasteiger partial charge in [-0.1, -0.05) is 6.07 Å². The molecule has 1 fully saturated rings. The predicted octanol–water partition coefficient (Wildman–Crippen LogP) is 1.99. The highest BCUT2D eigenvalue weighted by atomic mass is 16.5. The van der Waals surface area contributed by atoms with E-state index in [1.165, 1.54) is 0 Å². The van der Waals surface area contributed by atoms with Gasteiger partial charge < -0.3 is 14.7 Å². The Balaban J connectivity index is 2.48. The maximum atomic E-state index is 11.2. The number of hydrogen-bond acceptors (Lipinski definition) is 3. The Bertz CT molecular complexity index is 397. The summed E-state index contributed by atoms with van der Waals surface area (Å²) in [5.74, 6) is -0.261. The maximum Gasteiger partial charge on any atom is 0.337 e. The molecule has 0 radical (unpaired) electrons. The zero-order valence-electron chi connectivity index (χ0n) is 9.27. The first-order valence-electron chi connectivity index (χ1n) is 5.39. The summed E-state index contributed by atoms with van der Waals surface area (Å²) >= 11 is 0. The summed E-state index contributed by atoms with van der Waals surface area (Å²) in [6.45, 7) is 1.81. The van der Waals surface area contributed by atoms with Crippen molar-refractivity contribution in [2.75, 3.05) is 25.1 Å². The fourth-order valence-corrected chi connectivity index (χ4v) is 2.13. The quantitative estimate of drug-likeness (QED) is 0.848. The Hall–Kier alpha value is -1.71. The molecule has 0 aliphatic carbocycles. The first-order chi connectivity index (χ1) is 7.74. The summed E-state index contributed by atoms with van der Waals surface area (Å²) in [7, 11) is 1.57. The number of benzene rings is 1. The van der Waals surface area contributed by atoms with Gasteiger partial charge in [0, 0.05) is 13.1 Å². The molecule has 0 atom stereocenters. The van der Waals surface area contributed by atoms with Gasteiger partial charge in [0.15, 0.2) is 0 Å². The smallest absolute Gasteiger partial charge is 0.337 e. The average Bonchev–Trinajstić information content (AvgIpc) is 2.81. The van der Waals surface area contributed by atoms with Crippen molar-refractivity contribution in [3.05, 3.63) is 23.8 Å². The molecule has 1 aromatic carbocycles. The second kappa shape index (κ2) is 4.43. The summed E-state index contributed by atoms with van der Waals surface area (Å²) in [6.07, 6.45) is 2.22. The molecule has 0 unspecified atom stereocenters. The number of aromatic carboxylic acids is 1. The Morgan fingerprint density at radius 1 is 1.38 bits per heavy atom. The lowest BCUT2D eigenvalue weighted by atomic mass is 10.1. The molecule has 2 rings (SSSR count). The van der Waals surface area contributed by atoms with Gasteiger partial charge in [0.05, 0.1) is 18.4 Å². The number of carboxylic acids is 1. The van der Waals surface area contributed by atoms with Crippen LogP contribution in [0.4, 0.5) is 5.69 Å². The van der Waals surface area contributed by atoms with E-state index in [0.29, 0.717) is 11.3 Å². The third-order valence-electron chi connectivity index (χ3n) is 2.87. The van der Waals surface area contributed by atoms with E-state index < -0.39 is 5.97 Å². The van der Waals surface area contributed by atoms with Gasteiger partial charge in [-0.2, -0.15) is 0 Å². The molecule has 16 heavy (non-hydrogen) atoms. The lowest BCUT2D eigenvalue weighted by Gasteiger charge is -2.22. The highest BCUT2D eigenvalue weighted by molar-refractivity contribution is 5.96. The van der Waals surface area contributed by atoms with Crippen molar-refractivity contribution < 1.29 is 14.6 Å². The minimum absolute atomic E-state index is 0.321. The van der Waals surface area contributed by atoms with Gasteiger partial charge in [-0.3, -0.25) is 0 Å². The van der Waals surface area contributed by atoms with Gasteiger partial charge in [-0.15, -0.1) is 0 Å². The highest BCUT2D eigenvalue weighted by Crippen LogP contribution is 2.34. The zero-order valence-corrected chi connectivity index (χ0v) is 9.27. The molecule has 0 spiro atoms. The standard InChI is InChI=1S/C12H15NO3/c1-16-10-6-4-5-9(12(14)15)11(10)13-7-2-3-8-13/h4-6H,2-3,7-8H2,1H3,(H,14,15). The number of methoxy groups -OCH3 is 1. The van der Waals surface area contributed by atoms with Crippen LogP contribution in [0.15, 0.2) is 18.2 Å². The topological polar surface area (TPSA) is 49.8 Å². The monoisotopic (exact) mass is 221 g/mol. The van der Waals surface area contributed by atoms with Crippen LogP contribution >= 0.6 is 0 Å². The third-order valence-corrected chi connectivity index (χ3v) is 2.87. The molecule has 0 bridgehead atoms. The fourth-order valence-electron chi connectivity index (χ4n) is 2.13. The molecule has 4 heteroatoms. The molecule has 1 heterocycles. The second-order valence-electron chi connectivity index (χ2n) is 3.86. The number of nitrogens with zero attached hydrogens (tertiary/aromatic N) is 1. The van der Waals surface area contributed by atoms with Crippen LogP contribution in [-0.2, 0) is 0 Å². The number of anilines is 1. The molecule has 0 aromatic heterocycles. The van der Waals surface area contributed by atoms with Crippen molar-refractivity contribution in [3.8, 4) is 5.75 Å². The van der Waals surface area contributed by atoms with E-state index in [4.69, 9.17) is 9.84 Å². The normalized spacial score (nSPS) is 15.2. The molecular weight excluding hydrogens is 206 g/mol. The van der Waals surface area contributed by atoms with E-state index >= 15 is 0 Å². The second-order valence-corrected chi connectivity index (χ2v) is 3.86. The molecule has 1 saturated heterocycles. The number of carbonyl (C=O) groups is 1. The van der Waals surface area contributed by atoms with E-state index in [1.54, 1.807) is 25.3 Å². The predicted molar refractivity (Wildman–Crippen MR) is 61.4 cm³/mol. The molecular formula is C12H15NO3. The van der Waals surface area contributed by atoms with Gasteiger partial charge in [0.1, 0.15) is 5.75 Å². The van der Waals surface area contributed by atoms with Crippen molar-refractivity contribution in [3.63, 3.8) is 0 Å². The SMILES string of the molecule is COc1cccc(C(=O)O)c1N1CCCC1. The summed E-state index contributed by atoms with van der Waals surface area (Å²) in [5.41, 5.74) is 1.04. The van der Waals surface area contributed by atoms with Crippen LogP contribution in [0.3, 0.4) is 0 Å². The fraction of sp³-hybridized carbons (Fsp3) is 0.417. The van der Waals surface area contributed by atoms with Crippen LogP contribution < -0.4 is 9.64 Å². The highest BCUT2D eigenvalue weighted by Gasteiger charge is 2.22. The van der Waals surface area contributed by atoms with Crippen molar-refractivity contribution >= 4 is 11.7 Å². The van der Waals surface area contributed by atoms with Crippen molar-refractivity contribution in [2.24, 2.45) is 0 Å². The number of carboxylic acid groups (broad SMARTS) is 1. The van der Waals surface area contributed by atoms with Crippen LogP contribution in [0.1, 0.15) is 23.2 Å². The first kappa shape index (κ1) is 10.8. The summed E-state index contributed by atoms with van der Waals surface area (Å²) < 4.78 is 5.24. The average molecular weight is 221 g/mol. The van der Waals surface area contributed by atoms with E-state index in [1.807, 2.05) is 0 Å². The molecule has 4 nitrogen and oxygen atoms in total. The largest absolute Gasteiger partial charge is 0.495 e. The minimum Gasteiger partial charge on any atom is -0.495 e. The molecule has 1 N–H and O–H groups in total. The van der Waals surface area contributed by atoms with E-state index in [-0.39, 0.29) is 0 Å². The van der Waals surface area contributed by atoms with Crippen molar-refractivity contribution in [2.45, 2.75) is 12.8 Å². The van der Waals surface area contributed by atoms with Gasteiger partial charge in [0.25, 0.3) is 0 Å². The summed E-state index contributed by atoms with van der Waals surface area (Å²) in [6, 6.07) is 5.14. The van der Waals surface area contributed by atoms with Gasteiger partial charge in [0.2, 0.25) is 0 Å². The third kappa shape index (κ3) is 1.83. The van der Waals surface area contributed by atoms with E-state index in [9.17, 15) is 4.79 Å². The lowest BCUT2D eigenvalue weighted by molar-refractivity contribution is 0.0697. The van der Waals surface area contributed by atoms with Crippen LogP contribution in [0, 0.1) is 0 Å². The molecule has 1 aliphatic rings. The van der Waals surface area contributed by atoms with Crippen LogP contribution in [-0.4, -0.2) is 31.3 Å². The Labute approximate surface area is 94.4 Å². The first-order valence-corrected chi connectivity index (χ1v) is 5.39. The lowest BCUT2D eigenvalue weighted by Crippen LogP contribution is -2.21. The number of ether oxygens (including phenoxy) is 1. The molecule has 1 aromatic rings. The molecule has 1 aliphatic heterocycles. The maximum absolute atomic E-state index is 11.2. The minimum atomic E-state index is -0.902. The Kier molecular flexibility index (Phi) is 2.99. The number of hydrogen-bond donors (Lipinski definition) is 1.